The molecule has 0 aromatic carbocycles. The van der Waals surface area contributed by atoms with Crippen LogP contribution >= 0.6 is 11.3 Å². The third kappa shape index (κ3) is 9.30. The molecule has 12 heteroatoms. The van der Waals surface area contributed by atoms with Crippen LogP contribution in [-0.2, 0) is 17.6 Å². The average Bonchev–Trinajstić information content (AvgIpc) is 3.03. The number of carbonyl (C=O) groups is 1. The third-order valence-electron chi connectivity index (χ3n) is 6.14. The molecule has 1 aromatic heterocycles. The first-order chi connectivity index (χ1) is 15.5. The molecule has 1 aliphatic heterocycles. The Labute approximate surface area is 192 Å². The summed E-state index contributed by atoms with van der Waals surface area (Å²) in [6.45, 7) is 1.20. The molecule has 2 heterocycles. The van der Waals surface area contributed by atoms with E-state index < -0.39 is 37.7 Å². The number of halogens is 6. The van der Waals surface area contributed by atoms with E-state index in [4.69, 9.17) is 4.74 Å². The molecule has 33 heavy (non-hydrogen) atoms. The van der Waals surface area contributed by atoms with E-state index in [1.165, 1.54) is 11.3 Å². The third-order valence-corrected chi connectivity index (χ3v) is 7.21. The molecule has 0 spiro atoms. The van der Waals surface area contributed by atoms with Gasteiger partial charge in [-0.3, -0.25) is 4.79 Å². The molecule has 188 valence electrons. The van der Waals surface area contributed by atoms with E-state index in [9.17, 15) is 31.1 Å². The molecule has 1 aliphatic carbocycles. The Hall–Kier alpha value is -1.56. The molecule has 2 aliphatic rings. The number of hydrogen-bond acceptors (Lipinski definition) is 5. The molecular formula is C21H29F6N3O2S. The fraction of sp³-hybridized carbons (Fsp3) is 0.810. The summed E-state index contributed by atoms with van der Waals surface area (Å²) >= 11 is 1.19. The van der Waals surface area contributed by atoms with Gasteiger partial charge in [-0.1, -0.05) is 11.3 Å². The largest absolute Gasteiger partial charge is 0.460 e. The summed E-state index contributed by atoms with van der Waals surface area (Å²) in [6, 6.07) is -0.0454. The summed E-state index contributed by atoms with van der Waals surface area (Å²) in [7, 11) is 0. The summed E-state index contributed by atoms with van der Waals surface area (Å²) in [5, 5.41) is 2.80. The van der Waals surface area contributed by atoms with E-state index in [0.29, 0.717) is 12.3 Å². The Morgan fingerprint density at radius 1 is 1.06 bits per heavy atom. The maximum atomic E-state index is 12.3. The lowest BCUT2D eigenvalue weighted by atomic mass is 9.84. The number of nitrogens with one attached hydrogen (secondary N) is 1. The van der Waals surface area contributed by atoms with Crippen molar-refractivity contribution in [3.63, 3.8) is 0 Å². The van der Waals surface area contributed by atoms with Crippen LogP contribution in [-0.4, -0.2) is 60.4 Å². The molecule has 1 aromatic rings. The van der Waals surface area contributed by atoms with Gasteiger partial charge in [-0.2, -0.15) is 26.3 Å². The number of amides is 1. The maximum absolute atomic E-state index is 12.3. The lowest BCUT2D eigenvalue weighted by molar-refractivity contribution is -0.153. The SMILES string of the molecule is O=C(CCC(F)(F)F)N[C@H]1CC[C@H](CCN2CCc3nc(OCC(F)(F)F)sc3CC2)CC1. The van der Waals surface area contributed by atoms with Gasteiger partial charge < -0.3 is 15.0 Å². The molecule has 0 atom stereocenters. The van der Waals surface area contributed by atoms with Crippen LogP contribution in [0.2, 0.25) is 0 Å². The Morgan fingerprint density at radius 2 is 1.76 bits per heavy atom. The van der Waals surface area contributed by atoms with Crippen molar-refractivity contribution < 1.29 is 35.9 Å². The fourth-order valence-electron chi connectivity index (χ4n) is 4.33. The lowest BCUT2D eigenvalue weighted by Crippen LogP contribution is -2.38. The Morgan fingerprint density at radius 3 is 2.42 bits per heavy atom. The van der Waals surface area contributed by atoms with E-state index >= 15 is 0 Å². The van der Waals surface area contributed by atoms with Crippen molar-refractivity contribution >= 4 is 17.2 Å². The van der Waals surface area contributed by atoms with Crippen molar-refractivity contribution in [1.82, 2.24) is 15.2 Å². The Balaban J connectivity index is 1.33. The van der Waals surface area contributed by atoms with Crippen molar-refractivity contribution in [1.29, 1.82) is 0 Å². The lowest BCUT2D eigenvalue weighted by Gasteiger charge is -2.30. The van der Waals surface area contributed by atoms with Crippen molar-refractivity contribution in [2.45, 2.75) is 76.2 Å². The molecule has 0 saturated heterocycles. The number of thiazole rings is 1. The van der Waals surface area contributed by atoms with Gasteiger partial charge in [0, 0.05) is 36.9 Å². The highest BCUT2D eigenvalue weighted by Gasteiger charge is 2.30. The number of alkyl halides is 6. The minimum atomic E-state index is -4.38. The zero-order valence-electron chi connectivity index (χ0n) is 18.2. The van der Waals surface area contributed by atoms with Gasteiger partial charge >= 0.3 is 12.4 Å². The van der Waals surface area contributed by atoms with Crippen molar-refractivity contribution in [3.05, 3.63) is 10.6 Å². The number of fused-ring (bicyclic) bond motifs is 1. The zero-order chi connectivity index (χ0) is 24.1. The highest BCUT2D eigenvalue weighted by molar-refractivity contribution is 7.13. The van der Waals surface area contributed by atoms with Gasteiger partial charge in [0.15, 0.2) is 6.61 Å². The quantitative estimate of drug-likeness (QED) is 0.516. The summed E-state index contributed by atoms with van der Waals surface area (Å²) in [6.07, 6.45) is -4.44. The van der Waals surface area contributed by atoms with E-state index in [-0.39, 0.29) is 11.2 Å². The monoisotopic (exact) mass is 501 g/mol. The van der Waals surface area contributed by atoms with Crippen LogP contribution in [0.1, 0.15) is 55.5 Å². The van der Waals surface area contributed by atoms with E-state index in [1.54, 1.807) is 0 Å². The van der Waals surface area contributed by atoms with E-state index in [0.717, 1.165) is 68.7 Å². The molecular weight excluding hydrogens is 472 g/mol. The van der Waals surface area contributed by atoms with Gasteiger partial charge in [-0.05, 0) is 51.0 Å². The van der Waals surface area contributed by atoms with Crippen LogP contribution in [0.5, 0.6) is 5.19 Å². The number of aromatic nitrogens is 1. The molecule has 0 bridgehead atoms. The standard InChI is InChI=1S/C21H29F6N3O2S/c22-20(23,24)9-5-18(31)28-15-3-1-14(2-4-15)6-10-30-11-7-16-17(8-12-30)33-19(29-16)32-13-21(25,26)27/h14-15H,1-13H2,(H,28,31)/t14-,15-. The smallest absolute Gasteiger partial charge is 0.422 e. The van der Waals surface area contributed by atoms with Gasteiger partial charge in [0.2, 0.25) is 5.91 Å². The Bertz CT molecular complexity index is 750. The summed E-state index contributed by atoms with van der Waals surface area (Å²) in [4.78, 5) is 19.3. The second kappa shape index (κ2) is 11.2. The Kier molecular flexibility index (Phi) is 8.88. The summed E-state index contributed by atoms with van der Waals surface area (Å²) in [5.41, 5.74) is 0.821. The number of rotatable bonds is 8. The average molecular weight is 502 g/mol. The van der Waals surface area contributed by atoms with Crippen LogP contribution in [0.25, 0.3) is 0 Å². The number of nitrogens with zero attached hydrogens (tertiary/aromatic N) is 2. The van der Waals surface area contributed by atoms with E-state index in [2.05, 4.69) is 15.2 Å². The van der Waals surface area contributed by atoms with E-state index in [1.807, 2.05) is 0 Å². The maximum Gasteiger partial charge on any atom is 0.422 e. The van der Waals surface area contributed by atoms with Crippen LogP contribution in [0.15, 0.2) is 0 Å². The summed E-state index contributed by atoms with van der Waals surface area (Å²) < 4.78 is 78.4. The topological polar surface area (TPSA) is 54.5 Å². The second-order valence-corrected chi connectivity index (χ2v) is 9.83. The highest BCUT2D eigenvalue weighted by atomic mass is 32.1. The van der Waals surface area contributed by atoms with Crippen LogP contribution < -0.4 is 10.1 Å². The van der Waals surface area contributed by atoms with Gasteiger partial charge in [-0.25, -0.2) is 4.98 Å². The van der Waals surface area contributed by atoms with Crippen LogP contribution in [0.3, 0.4) is 0 Å². The molecule has 1 N–H and O–H groups in total. The first kappa shape index (κ1) is 26.1. The van der Waals surface area contributed by atoms with Crippen molar-refractivity contribution in [2.24, 2.45) is 5.92 Å². The first-order valence-corrected chi connectivity index (χ1v) is 12.0. The van der Waals surface area contributed by atoms with Crippen molar-refractivity contribution in [2.75, 3.05) is 26.2 Å². The predicted octanol–water partition coefficient (Wildman–Crippen LogP) is 4.89. The molecule has 1 amide bonds. The molecule has 5 nitrogen and oxygen atoms in total. The normalized spacial score (nSPS) is 22.5. The van der Waals surface area contributed by atoms with Crippen LogP contribution in [0.4, 0.5) is 26.3 Å². The second-order valence-electron chi connectivity index (χ2n) is 8.78. The molecule has 0 radical (unpaired) electrons. The van der Waals surface area contributed by atoms with Crippen molar-refractivity contribution in [3.8, 4) is 5.19 Å². The van der Waals surface area contributed by atoms with Gasteiger partial charge in [0.1, 0.15) is 0 Å². The number of carbonyl (C=O) groups excluding carboxylic acids is 1. The molecule has 0 unspecified atom stereocenters. The van der Waals surface area contributed by atoms with Gasteiger partial charge in [0.25, 0.3) is 5.19 Å². The first-order valence-electron chi connectivity index (χ1n) is 11.2. The fourth-order valence-corrected chi connectivity index (χ4v) is 5.27. The van der Waals surface area contributed by atoms with Crippen LogP contribution in [0, 0.1) is 5.92 Å². The number of hydrogen-bond donors (Lipinski definition) is 1. The highest BCUT2D eigenvalue weighted by Crippen LogP contribution is 2.31. The zero-order valence-corrected chi connectivity index (χ0v) is 19.1. The number of ether oxygens (including phenoxy) is 1. The van der Waals surface area contributed by atoms with Gasteiger partial charge in [-0.15, -0.1) is 0 Å². The minimum absolute atomic E-state index is 0.0454. The summed E-state index contributed by atoms with van der Waals surface area (Å²) in [5.74, 6) is -0.0143. The minimum Gasteiger partial charge on any atom is -0.460 e. The molecule has 1 saturated carbocycles. The molecule has 1 fully saturated rings. The predicted molar refractivity (Wildman–Crippen MR) is 111 cm³/mol. The molecule has 3 rings (SSSR count). The van der Waals surface area contributed by atoms with Gasteiger partial charge in [0.05, 0.1) is 12.1 Å².